The monoisotopic (exact) mass is 650 g/mol. The van der Waals surface area contributed by atoms with Gasteiger partial charge in [0.25, 0.3) is 11.6 Å². The molecule has 0 saturated carbocycles. The molecule has 0 aliphatic carbocycles. The van der Waals surface area contributed by atoms with Gasteiger partial charge in [0.05, 0.1) is 34.4 Å². The van der Waals surface area contributed by atoms with Crippen LogP contribution in [-0.2, 0) is 6.18 Å². The van der Waals surface area contributed by atoms with Crippen molar-refractivity contribution >= 4 is 46.3 Å². The van der Waals surface area contributed by atoms with Crippen molar-refractivity contribution < 1.29 is 37.2 Å². The van der Waals surface area contributed by atoms with E-state index in [1.54, 1.807) is 31.2 Å². The van der Waals surface area contributed by atoms with Crippen LogP contribution in [0.1, 0.15) is 38.9 Å². The first-order valence-corrected chi connectivity index (χ1v) is 13.9. The van der Waals surface area contributed by atoms with Gasteiger partial charge in [-0.1, -0.05) is 41.9 Å². The van der Waals surface area contributed by atoms with E-state index in [1.807, 2.05) is 0 Å². The molecule has 5 rings (SSSR count). The molecular formula is C32H22ClF3N4O6. The number of carbonyl (C=O) groups excluding carboxylic acids is 2. The molecule has 0 radical (unpaired) electrons. The molecule has 0 aliphatic rings. The van der Waals surface area contributed by atoms with Gasteiger partial charge in [0.15, 0.2) is 11.5 Å². The van der Waals surface area contributed by atoms with Crippen molar-refractivity contribution in [3.8, 4) is 22.6 Å². The number of H-pyrrole nitrogens is 1. The molecule has 0 spiro atoms. The zero-order valence-electron chi connectivity index (χ0n) is 23.7. The van der Waals surface area contributed by atoms with Crippen molar-refractivity contribution in [1.82, 2.24) is 10.4 Å². The highest BCUT2D eigenvalue weighted by Crippen LogP contribution is 2.41. The number of para-hydroxylation sites is 1. The van der Waals surface area contributed by atoms with E-state index in [4.69, 9.17) is 21.1 Å². The molecule has 5 aromatic rings. The summed E-state index contributed by atoms with van der Waals surface area (Å²) in [5.41, 5.74) is 1.77. The van der Waals surface area contributed by atoms with Gasteiger partial charge in [-0.15, -0.1) is 0 Å². The van der Waals surface area contributed by atoms with E-state index in [-0.39, 0.29) is 56.5 Å². The molecule has 46 heavy (non-hydrogen) atoms. The highest BCUT2D eigenvalue weighted by atomic mass is 35.5. The van der Waals surface area contributed by atoms with E-state index >= 15 is 0 Å². The highest BCUT2D eigenvalue weighted by molar-refractivity contribution is 6.34. The number of esters is 1. The number of nitrogens with one attached hydrogen (secondary N) is 2. The molecule has 234 valence electrons. The molecule has 0 saturated heterocycles. The average molecular weight is 651 g/mol. The van der Waals surface area contributed by atoms with E-state index in [1.165, 1.54) is 60.8 Å². The summed E-state index contributed by atoms with van der Waals surface area (Å²) in [4.78, 5) is 38.8. The lowest BCUT2D eigenvalue weighted by atomic mass is 10.00. The molecule has 0 fully saturated rings. The van der Waals surface area contributed by atoms with Gasteiger partial charge in [0, 0.05) is 33.7 Å². The van der Waals surface area contributed by atoms with Crippen LogP contribution >= 0.6 is 11.6 Å². The van der Waals surface area contributed by atoms with Crippen LogP contribution in [0.15, 0.2) is 90.0 Å². The van der Waals surface area contributed by atoms with E-state index in [9.17, 15) is 32.9 Å². The SMILES string of the molecule is CCOc1cc(C=NNC(=O)c2[nH]c3c(C(F)(F)F)cccc3c2-c2ccccc2Cl)ccc1OC(=O)c1ccc([N+](=O)[O-])cc1. The molecular weight excluding hydrogens is 629 g/mol. The van der Waals surface area contributed by atoms with E-state index in [2.05, 4.69) is 15.5 Å². The minimum absolute atomic E-state index is 0.0642. The number of hydrogen-bond acceptors (Lipinski definition) is 7. The molecule has 0 atom stereocenters. The molecule has 1 heterocycles. The minimum atomic E-state index is -4.69. The largest absolute Gasteiger partial charge is 0.490 e. The lowest BCUT2D eigenvalue weighted by Crippen LogP contribution is -2.19. The fourth-order valence-corrected chi connectivity index (χ4v) is 4.85. The van der Waals surface area contributed by atoms with Gasteiger partial charge in [-0.2, -0.15) is 18.3 Å². The summed E-state index contributed by atoms with van der Waals surface area (Å²) in [6.07, 6.45) is -3.42. The number of aromatic nitrogens is 1. The third-order valence-corrected chi connectivity index (χ3v) is 7.00. The van der Waals surface area contributed by atoms with Crippen molar-refractivity contribution in [3.05, 3.63) is 122 Å². The first-order chi connectivity index (χ1) is 22.0. The standard InChI is InChI=1S/C32H22ClF3N4O6/c1-2-45-26-16-18(10-15-25(26)46-31(42)19-11-13-20(14-12-19)40(43)44)17-37-39-30(41)29-27(21-6-3-4-9-24(21)33)22-7-5-8-23(28(22)38-29)32(34,35)36/h3-17,38H,2H2,1H3,(H,39,41). The lowest BCUT2D eigenvalue weighted by molar-refractivity contribution is -0.384. The van der Waals surface area contributed by atoms with Crippen LogP contribution in [-0.4, -0.2) is 34.6 Å². The number of hydrogen-bond donors (Lipinski definition) is 2. The zero-order chi connectivity index (χ0) is 33.0. The maximum Gasteiger partial charge on any atom is 0.418 e. The number of carbonyl (C=O) groups is 2. The molecule has 14 heteroatoms. The van der Waals surface area contributed by atoms with E-state index in [0.29, 0.717) is 11.1 Å². The Morgan fingerprint density at radius 3 is 2.43 bits per heavy atom. The second kappa shape index (κ2) is 13.1. The fourth-order valence-electron chi connectivity index (χ4n) is 4.62. The van der Waals surface area contributed by atoms with Gasteiger partial charge in [-0.05, 0) is 55.0 Å². The van der Waals surface area contributed by atoms with Crippen LogP contribution in [0.25, 0.3) is 22.0 Å². The summed E-state index contributed by atoms with van der Waals surface area (Å²) in [6, 6.07) is 19.4. The van der Waals surface area contributed by atoms with Crippen LogP contribution in [0.5, 0.6) is 11.5 Å². The Morgan fingerprint density at radius 2 is 1.76 bits per heavy atom. The van der Waals surface area contributed by atoms with Crippen LogP contribution in [0.4, 0.5) is 18.9 Å². The van der Waals surface area contributed by atoms with Gasteiger partial charge >= 0.3 is 12.1 Å². The summed E-state index contributed by atoms with van der Waals surface area (Å²) in [6.45, 7) is 1.93. The number of nitrogens with zero attached hydrogens (tertiary/aromatic N) is 2. The lowest BCUT2D eigenvalue weighted by Gasteiger charge is -2.11. The normalized spacial score (nSPS) is 11.5. The van der Waals surface area contributed by atoms with Gasteiger partial charge in [-0.25, -0.2) is 10.2 Å². The summed E-state index contributed by atoms with van der Waals surface area (Å²) in [5, 5.41) is 15.2. The predicted molar refractivity (Wildman–Crippen MR) is 164 cm³/mol. The smallest absolute Gasteiger partial charge is 0.418 e. The van der Waals surface area contributed by atoms with Gasteiger partial charge in [0.2, 0.25) is 0 Å². The highest BCUT2D eigenvalue weighted by Gasteiger charge is 2.35. The quantitative estimate of drug-likeness (QED) is 0.0549. The first-order valence-electron chi connectivity index (χ1n) is 13.5. The van der Waals surface area contributed by atoms with Crippen molar-refractivity contribution in [3.63, 3.8) is 0 Å². The Hall–Kier alpha value is -5.69. The van der Waals surface area contributed by atoms with E-state index < -0.39 is 28.5 Å². The van der Waals surface area contributed by atoms with Crippen LogP contribution in [0, 0.1) is 10.1 Å². The van der Waals surface area contributed by atoms with Gasteiger partial charge < -0.3 is 14.5 Å². The summed E-state index contributed by atoms with van der Waals surface area (Å²) in [7, 11) is 0. The molecule has 4 aromatic carbocycles. The summed E-state index contributed by atoms with van der Waals surface area (Å²) in [5.74, 6) is -1.36. The van der Waals surface area contributed by atoms with Gasteiger partial charge in [0.1, 0.15) is 5.69 Å². The third kappa shape index (κ3) is 6.69. The number of non-ortho nitro benzene ring substituents is 1. The number of alkyl halides is 3. The number of aromatic amines is 1. The number of nitro benzene ring substituents is 1. The van der Waals surface area contributed by atoms with Crippen molar-refractivity contribution in [2.75, 3.05) is 6.61 Å². The number of benzene rings is 4. The zero-order valence-corrected chi connectivity index (χ0v) is 24.5. The Labute approximate surface area is 263 Å². The summed E-state index contributed by atoms with van der Waals surface area (Å²) >= 11 is 6.38. The second-order valence-electron chi connectivity index (χ2n) is 9.61. The molecule has 10 nitrogen and oxygen atoms in total. The third-order valence-electron chi connectivity index (χ3n) is 6.67. The van der Waals surface area contributed by atoms with Crippen LogP contribution in [0.3, 0.4) is 0 Å². The number of nitro groups is 1. The van der Waals surface area contributed by atoms with Gasteiger partial charge in [-0.3, -0.25) is 14.9 Å². The Kier molecular flexibility index (Phi) is 9.05. The topological polar surface area (TPSA) is 136 Å². The number of rotatable bonds is 9. The average Bonchev–Trinajstić information content (AvgIpc) is 3.41. The van der Waals surface area contributed by atoms with E-state index in [0.717, 1.165) is 6.07 Å². The number of amides is 1. The van der Waals surface area contributed by atoms with Crippen molar-refractivity contribution in [2.45, 2.75) is 13.1 Å². The van der Waals surface area contributed by atoms with Crippen LogP contribution < -0.4 is 14.9 Å². The molecule has 1 aromatic heterocycles. The van der Waals surface area contributed by atoms with Crippen LogP contribution in [0.2, 0.25) is 5.02 Å². The number of ether oxygens (including phenoxy) is 2. The minimum Gasteiger partial charge on any atom is -0.490 e. The molecule has 0 unspecified atom stereocenters. The Bertz CT molecular complexity index is 1990. The molecule has 0 aliphatic heterocycles. The van der Waals surface area contributed by atoms with Crippen molar-refractivity contribution in [2.24, 2.45) is 5.10 Å². The fraction of sp³-hybridized carbons (Fsp3) is 0.0938. The predicted octanol–water partition coefficient (Wildman–Crippen LogP) is 7.80. The number of fused-ring (bicyclic) bond motifs is 1. The second-order valence-corrected chi connectivity index (χ2v) is 10.0. The molecule has 0 bridgehead atoms. The Balaban J connectivity index is 1.40. The first kappa shape index (κ1) is 31.7. The van der Waals surface area contributed by atoms with Crippen molar-refractivity contribution in [1.29, 1.82) is 0 Å². The molecule has 2 N–H and O–H groups in total. The Morgan fingerprint density at radius 1 is 1.02 bits per heavy atom. The number of hydrazone groups is 1. The maximum absolute atomic E-state index is 13.8. The number of halogens is 4. The molecule has 1 amide bonds. The summed E-state index contributed by atoms with van der Waals surface area (Å²) < 4.78 is 52.5. The maximum atomic E-state index is 13.8.